The van der Waals surface area contributed by atoms with Gasteiger partial charge in [0.1, 0.15) is 17.5 Å². The van der Waals surface area contributed by atoms with Crippen LogP contribution in [0.4, 0.5) is 11.6 Å². The van der Waals surface area contributed by atoms with Crippen LogP contribution in [0.3, 0.4) is 0 Å². The van der Waals surface area contributed by atoms with Gasteiger partial charge >= 0.3 is 0 Å². The number of rotatable bonds is 6. The molecule has 2 aromatic rings. The number of nitrogens with zero attached hydrogens (tertiary/aromatic N) is 3. The van der Waals surface area contributed by atoms with Crippen LogP contribution in [0.25, 0.3) is 0 Å². The summed E-state index contributed by atoms with van der Waals surface area (Å²) in [6.07, 6.45) is 5.07. The molecule has 4 N–H and O–H groups in total. The van der Waals surface area contributed by atoms with Crippen LogP contribution in [0.15, 0.2) is 17.6 Å². The first-order chi connectivity index (χ1) is 9.35. The van der Waals surface area contributed by atoms with Gasteiger partial charge in [-0.25, -0.2) is 20.8 Å². The molecule has 1 aliphatic rings. The van der Waals surface area contributed by atoms with Gasteiger partial charge in [0.15, 0.2) is 0 Å². The molecular weight excluding hydrogens is 260 g/mol. The highest BCUT2D eigenvalue weighted by molar-refractivity contribution is 7.09. The third kappa shape index (κ3) is 3.18. The predicted molar refractivity (Wildman–Crippen MR) is 76.1 cm³/mol. The fourth-order valence-corrected chi connectivity index (χ4v) is 2.45. The summed E-state index contributed by atoms with van der Waals surface area (Å²) < 4.78 is 0. The Kier molecular flexibility index (Phi) is 3.56. The number of thiazole rings is 1. The van der Waals surface area contributed by atoms with E-state index in [2.05, 4.69) is 25.7 Å². The van der Waals surface area contributed by atoms with Gasteiger partial charge in [0.2, 0.25) is 0 Å². The monoisotopic (exact) mass is 276 g/mol. The first-order valence-corrected chi connectivity index (χ1v) is 7.21. The summed E-state index contributed by atoms with van der Waals surface area (Å²) in [5.41, 5.74) is 2.59. The molecule has 1 saturated carbocycles. The molecule has 0 radical (unpaired) electrons. The van der Waals surface area contributed by atoms with E-state index in [1.165, 1.54) is 12.8 Å². The van der Waals surface area contributed by atoms with Gasteiger partial charge in [0, 0.05) is 36.5 Å². The van der Waals surface area contributed by atoms with Gasteiger partial charge in [-0.3, -0.25) is 0 Å². The molecular formula is C12H16N6S. The number of hydrogen-bond donors (Lipinski definition) is 3. The van der Waals surface area contributed by atoms with Crippen molar-refractivity contribution in [3.8, 4) is 0 Å². The minimum atomic E-state index is 0.507. The van der Waals surface area contributed by atoms with Crippen LogP contribution >= 0.6 is 11.3 Å². The second-order valence-corrected chi connectivity index (χ2v) is 5.50. The largest absolute Gasteiger partial charge is 0.369 e. The molecule has 0 aromatic carbocycles. The smallest absolute Gasteiger partial charge is 0.145 e. The molecule has 100 valence electrons. The lowest BCUT2D eigenvalue weighted by molar-refractivity contribution is 0.912. The maximum absolute atomic E-state index is 5.44. The molecule has 0 saturated heterocycles. The summed E-state index contributed by atoms with van der Waals surface area (Å²) >= 11 is 1.67. The normalized spacial score (nSPS) is 14.4. The van der Waals surface area contributed by atoms with E-state index >= 15 is 0 Å². The highest BCUT2D eigenvalue weighted by Gasteiger charge is 2.27. The molecule has 0 amide bonds. The van der Waals surface area contributed by atoms with Crippen molar-refractivity contribution in [1.29, 1.82) is 0 Å². The Morgan fingerprint density at radius 3 is 2.84 bits per heavy atom. The highest BCUT2D eigenvalue weighted by atomic mass is 32.1. The van der Waals surface area contributed by atoms with Gasteiger partial charge in [-0.05, 0) is 12.8 Å². The summed E-state index contributed by atoms with van der Waals surface area (Å²) in [6.45, 7) is 0.804. The maximum atomic E-state index is 5.44. The van der Waals surface area contributed by atoms with Crippen molar-refractivity contribution < 1.29 is 0 Å². The molecule has 19 heavy (non-hydrogen) atoms. The Labute approximate surface area is 115 Å². The highest BCUT2D eigenvalue weighted by Crippen LogP contribution is 2.38. The quantitative estimate of drug-likeness (QED) is 0.550. The lowest BCUT2D eigenvalue weighted by Gasteiger charge is -2.08. The van der Waals surface area contributed by atoms with Crippen molar-refractivity contribution in [3.05, 3.63) is 28.5 Å². The summed E-state index contributed by atoms with van der Waals surface area (Å²) in [7, 11) is 0. The van der Waals surface area contributed by atoms with Gasteiger partial charge < -0.3 is 10.7 Å². The molecule has 0 spiro atoms. The topological polar surface area (TPSA) is 88.8 Å². The average Bonchev–Trinajstić information content (AvgIpc) is 3.17. The number of nitrogens with two attached hydrogens (primary N) is 1. The second kappa shape index (κ2) is 5.50. The van der Waals surface area contributed by atoms with E-state index in [1.807, 2.05) is 17.6 Å². The lowest BCUT2D eigenvalue weighted by atomic mass is 10.3. The number of hydrogen-bond acceptors (Lipinski definition) is 7. The first kappa shape index (κ1) is 12.3. The van der Waals surface area contributed by atoms with E-state index in [0.29, 0.717) is 11.7 Å². The molecule has 0 aliphatic heterocycles. The van der Waals surface area contributed by atoms with Crippen LogP contribution in [0.1, 0.15) is 29.6 Å². The van der Waals surface area contributed by atoms with Gasteiger partial charge in [-0.2, -0.15) is 0 Å². The van der Waals surface area contributed by atoms with Crippen LogP contribution in [0.5, 0.6) is 0 Å². The SMILES string of the molecule is NNc1cc(NCCc2nccs2)nc(C2CC2)n1. The van der Waals surface area contributed by atoms with Gasteiger partial charge in [-0.15, -0.1) is 11.3 Å². The molecule has 0 bridgehead atoms. The molecule has 0 atom stereocenters. The van der Waals surface area contributed by atoms with Gasteiger partial charge in [0.05, 0.1) is 5.01 Å². The minimum absolute atomic E-state index is 0.507. The zero-order chi connectivity index (χ0) is 13.1. The van der Waals surface area contributed by atoms with E-state index < -0.39 is 0 Å². The standard InChI is InChI=1S/C12H16N6S/c13-18-10-7-9(16-12(17-10)8-1-2-8)14-4-3-11-15-5-6-19-11/h5-8H,1-4,13H2,(H2,14,16,17,18). The molecule has 6 nitrogen and oxygen atoms in total. The van der Waals surface area contributed by atoms with Crippen molar-refractivity contribution >= 4 is 23.0 Å². The Morgan fingerprint density at radius 2 is 2.16 bits per heavy atom. The van der Waals surface area contributed by atoms with Crippen LogP contribution in [0.2, 0.25) is 0 Å². The van der Waals surface area contributed by atoms with E-state index in [4.69, 9.17) is 5.84 Å². The van der Waals surface area contributed by atoms with Crippen molar-refractivity contribution in [2.45, 2.75) is 25.2 Å². The van der Waals surface area contributed by atoms with Crippen LogP contribution in [-0.4, -0.2) is 21.5 Å². The number of anilines is 2. The van der Waals surface area contributed by atoms with Gasteiger partial charge in [0.25, 0.3) is 0 Å². The Bertz CT molecular complexity index is 537. The number of nitrogens with one attached hydrogen (secondary N) is 2. The predicted octanol–water partition coefficient (Wildman–Crippen LogP) is 1.75. The molecule has 2 heterocycles. The average molecular weight is 276 g/mol. The van der Waals surface area contributed by atoms with Crippen molar-refractivity contribution in [2.75, 3.05) is 17.3 Å². The maximum Gasteiger partial charge on any atom is 0.145 e. The first-order valence-electron chi connectivity index (χ1n) is 6.33. The molecule has 3 rings (SSSR count). The van der Waals surface area contributed by atoms with Crippen LogP contribution < -0.4 is 16.6 Å². The number of hydrazine groups is 1. The molecule has 1 aliphatic carbocycles. The third-order valence-corrected chi connectivity index (χ3v) is 3.80. The zero-order valence-electron chi connectivity index (χ0n) is 10.5. The minimum Gasteiger partial charge on any atom is -0.369 e. The molecule has 2 aromatic heterocycles. The lowest BCUT2D eigenvalue weighted by Crippen LogP contribution is -2.13. The number of aromatic nitrogens is 3. The zero-order valence-corrected chi connectivity index (χ0v) is 11.3. The summed E-state index contributed by atoms with van der Waals surface area (Å²) in [4.78, 5) is 13.2. The Balaban J connectivity index is 1.64. The van der Waals surface area contributed by atoms with Crippen molar-refractivity contribution in [3.63, 3.8) is 0 Å². The number of nitrogen functional groups attached to an aromatic ring is 1. The Hall–Kier alpha value is -1.73. The second-order valence-electron chi connectivity index (χ2n) is 4.52. The van der Waals surface area contributed by atoms with E-state index in [-0.39, 0.29) is 0 Å². The van der Waals surface area contributed by atoms with E-state index in [0.717, 1.165) is 29.6 Å². The fourth-order valence-electron chi connectivity index (χ4n) is 1.83. The van der Waals surface area contributed by atoms with Crippen molar-refractivity contribution in [1.82, 2.24) is 15.0 Å². The Morgan fingerprint density at radius 1 is 1.32 bits per heavy atom. The fraction of sp³-hybridized carbons (Fsp3) is 0.417. The van der Waals surface area contributed by atoms with Crippen molar-refractivity contribution in [2.24, 2.45) is 5.84 Å². The summed E-state index contributed by atoms with van der Waals surface area (Å²) in [5.74, 6) is 8.31. The van der Waals surface area contributed by atoms with Crippen LogP contribution in [-0.2, 0) is 6.42 Å². The molecule has 0 unspecified atom stereocenters. The molecule has 7 heteroatoms. The van der Waals surface area contributed by atoms with E-state index in [9.17, 15) is 0 Å². The third-order valence-electron chi connectivity index (χ3n) is 2.96. The van der Waals surface area contributed by atoms with Crippen LogP contribution in [0, 0.1) is 0 Å². The summed E-state index contributed by atoms with van der Waals surface area (Å²) in [6, 6.07) is 1.83. The van der Waals surface area contributed by atoms with E-state index in [1.54, 1.807) is 11.3 Å². The molecule has 1 fully saturated rings. The summed E-state index contributed by atoms with van der Waals surface area (Å²) in [5, 5.41) is 6.41. The van der Waals surface area contributed by atoms with Gasteiger partial charge in [-0.1, -0.05) is 0 Å².